The van der Waals surface area contributed by atoms with E-state index in [-0.39, 0.29) is 10.9 Å². The predicted octanol–water partition coefficient (Wildman–Crippen LogP) is 6.96. The Morgan fingerprint density at radius 1 is 0.438 bits per heavy atom. The molecule has 0 aromatic heterocycles. The molecular formula is C27H25O3S2+. The topological polar surface area (TPSA) is 27.7 Å². The molecule has 0 N–H and O–H groups in total. The lowest BCUT2D eigenvalue weighted by Crippen LogP contribution is -2.05. The van der Waals surface area contributed by atoms with Gasteiger partial charge in [-0.1, -0.05) is 11.8 Å². The maximum Gasteiger partial charge on any atom is 0.166 e. The maximum atomic E-state index is 5.35. The summed E-state index contributed by atoms with van der Waals surface area (Å²) in [5.74, 6) is 2.59. The third-order valence-corrected chi connectivity index (χ3v) is 8.19. The zero-order valence-corrected chi connectivity index (χ0v) is 19.9. The first-order chi connectivity index (χ1) is 15.7. The molecule has 0 unspecified atom stereocenters. The van der Waals surface area contributed by atoms with Gasteiger partial charge in [-0.15, -0.1) is 0 Å². The molecule has 0 spiro atoms. The minimum absolute atomic E-state index is 0.231. The van der Waals surface area contributed by atoms with Gasteiger partial charge in [-0.3, -0.25) is 0 Å². The molecule has 3 nitrogen and oxygen atoms in total. The molecule has 5 heteroatoms. The van der Waals surface area contributed by atoms with Crippen LogP contribution in [-0.4, -0.2) is 21.3 Å². The number of ether oxygens (including phenoxy) is 3. The van der Waals surface area contributed by atoms with Gasteiger partial charge in [0.15, 0.2) is 14.7 Å². The van der Waals surface area contributed by atoms with E-state index in [2.05, 4.69) is 60.7 Å². The smallest absolute Gasteiger partial charge is 0.166 e. The molecule has 4 aromatic rings. The van der Waals surface area contributed by atoms with Gasteiger partial charge in [0.2, 0.25) is 0 Å². The summed E-state index contributed by atoms with van der Waals surface area (Å²) in [6.07, 6.45) is 0. The van der Waals surface area contributed by atoms with E-state index < -0.39 is 0 Å². The molecule has 0 aliphatic rings. The van der Waals surface area contributed by atoms with Crippen molar-refractivity contribution in [2.45, 2.75) is 24.5 Å². The Labute approximate surface area is 196 Å². The Hall–Kier alpha value is -3.02. The summed E-state index contributed by atoms with van der Waals surface area (Å²) in [5.41, 5.74) is 0. The number of methoxy groups -OCH3 is 3. The molecule has 4 rings (SSSR count). The van der Waals surface area contributed by atoms with Crippen LogP contribution in [0, 0.1) is 0 Å². The predicted molar refractivity (Wildman–Crippen MR) is 132 cm³/mol. The van der Waals surface area contributed by atoms with Gasteiger partial charge in [0.05, 0.1) is 32.2 Å². The Bertz CT molecular complexity index is 1080. The third kappa shape index (κ3) is 5.23. The van der Waals surface area contributed by atoms with Crippen LogP contribution in [0.3, 0.4) is 0 Å². The van der Waals surface area contributed by atoms with E-state index in [4.69, 9.17) is 14.2 Å². The second-order valence-electron chi connectivity index (χ2n) is 6.91. The van der Waals surface area contributed by atoms with Crippen molar-refractivity contribution >= 4 is 22.7 Å². The van der Waals surface area contributed by atoms with Crippen LogP contribution in [0.25, 0.3) is 0 Å². The lowest BCUT2D eigenvalue weighted by atomic mass is 10.3. The zero-order valence-electron chi connectivity index (χ0n) is 18.3. The quantitative estimate of drug-likeness (QED) is 0.265. The summed E-state index contributed by atoms with van der Waals surface area (Å²) in [7, 11) is 4.84. The molecule has 4 aromatic carbocycles. The van der Waals surface area contributed by atoms with Crippen molar-refractivity contribution < 1.29 is 14.2 Å². The molecule has 0 aliphatic heterocycles. The highest BCUT2D eigenvalue weighted by Crippen LogP contribution is 2.35. The number of hydrogen-bond acceptors (Lipinski definition) is 4. The highest BCUT2D eigenvalue weighted by molar-refractivity contribution is 7.99. The molecular weight excluding hydrogens is 436 g/mol. The molecule has 0 saturated carbocycles. The molecule has 0 radical (unpaired) electrons. The van der Waals surface area contributed by atoms with Gasteiger partial charge in [0.25, 0.3) is 0 Å². The van der Waals surface area contributed by atoms with Crippen molar-refractivity contribution in [3.05, 3.63) is 97.1 Å². The first-order valence-electron chi connectivity index (χ1n) is 10.1. The summed E-state index contributed by atoms with van der Waals surface area (Å²) in [6.45, 7) is 0. The summed E-state index contributed by atoms with van der Waals surface area (Å²) in [4.78, 5) is 6.13. The van der Waals surface area contributed by atoms with Crippen LogP contribution in [0.4, 0.5) is 0 Å². The Morgan fingerprint density at radius 2 is 0.719 bits per heavy atom. The molecule has 0 aliphatic carbocycles. The zero-order chi connectivity index (χ0) is 22.3. The van der Waals surface area contributed by atoms with E-state index in [0.717, 1.165) is 17.2 Å². The van der Waals surface area contributed by atoms with Crippen LogP contribution in [0.2, 0.25) is 0 Å². The van der Waals surface area contributed by atoms with E-state index in [0.29, 0.717) is 0 Å². The summed E-state index contributed by atoms with van der Waals surface area (Å²) in [6, 6.07) is 33.6. The normalized spacial score (nSPS) is 10.8. The molecule has 162 valence electrons. The van der Waals surface area contributed by atoms with E-state index in [1.165, 1.54) is 24.5 Å². The first kappa shape index (κ1) is 22.2. The highest BCUT2D eigenvalue weighted by atomic mass is 32.2. The van der Waals surface area contributed by atoms with Crippen LogP contribution in [0.1, 0.15) is 0 Å². The molecule has 0 amide bonds. The van der Waals surface area contributed by atoms with Crippen LogP contribution >= 0.6 is 11.8 Å². The Kier molecular flexibility index (Phi) is 7.30. The van der Waals surface area contributed by atoms with Gasteiger partial charge < -0.3 is 14.2 Å². The lowest BCUT2D eigenvalue weighted by molar-refractivity contribution is 0.414. The standard InChI is InChI=1S/C27H25O3S2/c1-28-20-4-10-23(11-5-20)31-24-12-18-27(19-13-24)32(25-14-6-21(29-2)7-15-25)26-16-8-22(30-3)9-17-26/h4-19H,1-3H3/q+1. The second-order valence-corrected chi connectivity index (χ2v) is 10.1. The summed E-state index contributed by atoms with van der Waals surface area (Å²) >= 11 is 1.74. The fourth-order valence-corrected chi connectivity index (χ4v) is 6.11. The van der Waals surface area contributed by atoms with Crippen molar-refractivity contribution in [2.75, 3.05) is 21.3 Å². The van der Waals surface area contributed by atoms with Gasteiger partial charge in [0, 0.05) is 9.79 Å². The molecule has 0 bridgehead atoms. The van der Waals surface area contributed by atoms with Crippen molar-refractivity contribution in [2.24, 2.45) is 0 Å². The number of rotatable bonds is 8. The lowest BCUT2D eigenvalue weighted by Gasteiger charge is -2.10. The van der Waals surface area contributed by atoms with Crippen molar-refractivity contribution in [3.63, 3.8) is 0 Å². The molecule has 0 atom stereocenters. The van der Waals surface area contributed by atoms with Crippen LogP contribution < -0.4 is 14.2 Å². The molecule has 0 saturated heterocycles. The average molecular weight is 462 g/mol. The summed E-state index contributed by atoms with van der Waals surface area (Å²) < 4.78 is 16.0. The van der Waals surface area contributed by atoms with Crippen molar-refractivity contribution in [3.8, 4) is 17.2 Å². The average Bonchev–Trinajstić information content (AvgIpc) is 2.86. The molecule has 0 fully saturated rings. The van der Waals surface area contributed by atoms with Crippen LogP contribution in [0.15, 0.2) is 122 Å². The minimum atomic E-state index is -0.231. The third-order valence-electron chi connectivity index (χ3n) is 4.94. The van der Waals surface area contributed by atoms with E-state index >= 15 is 0 Å². The fourth-order valence-electron chi connectivity index (χ4n) is 3.26. The highest BCUT2D eigenvalue weighted by Gasteiger charge is 2.28. The number of benzene rings is 4. The van der Waals surface area contributed by atoms with Crippen LogP contribution in [-0.2, 0) is 10.9 Å². The summed E-state index contributed by atoms with van der Waals surface area (Å²) in [5, 5.41) is 0. The van der Waals surface area contributed by atoms with Gasteiger partial charge in [0.1, 0.15) is 17.2 Å². The Balaban J connectivity index is 1.63. The van der Waals surface area contributed by atoms with Gasteiger partial charge in [-0.2, -0.15) is 0 Å². The second kappa shape index (κ2) is 10.5. The molecule has 0 heterocycles. The van der Waals surface area contributed by atoms with E-state index in [9.17, 15) is 0 Å². The first-order valence-corrected chi connectivity index (χ1v) is 12.2. The van der Waals surface area contributed by atoms with Gasteiger partial charge in [-0.25, -0.2) is 0 Å². The Morgan fingerprint density at radius 3 is 1.06 bits per heavy atom. The largest absolute Gasteiger partial charge is 0.497 e. The SMILES string of the molecule is COc1ccc(Sc2ccc([S+](c3ccc(OC)cc3)c3ccc(OC)cc3)cc2)cc1. The van der Waals surface area contributed by atoms with E-state index in [1.54, 1.807) is 33.1 Å². The van der Waals surface area contributed by atoms with Gasteiger partial charge in [-0.05, 0) is 97.1 Å². The minimum Gasteiger partial charge on any atom is -0.497 e. The van der Waals surface area contributed by atoms with E-state index in [1.807, 2.05) is 36.4 Å². The monoisotopic (exact) mass is 461 g/mol. The van der Waals surface area contributed by atoms with Crippen LogP contribution in [0.5, 0.6) is 17.2 Å². The number of hydrogen-bond donors (Lipinski definition) is 0. The molecule has 32 heavy (non-hydrogen) atoms. The fraction of sp³-hybridized carbons (Fsp3) is 0.111. The van der Waals surface area contributed by atoms with Gasteiger partial charge >= 0.3 is 0 Å². The van der Waals surface area contributed by atoms with Crippen molar-refractivity contribution in [1.82, 2.24) is 0 Å². The van der Waals surface area contributed by atoms with Crippen molar-refractivity contribution in [1.29, 1.82) is 0 Å². The maximum absolute atomic E-state index is 5.35.